The molecule has 0 spiro atoms. The number of aromatic amines is 1. The third-order valence-electron chi connectivity index (χ3n) is 6.20. The zero-order valence-corrected chi connectivity index (χ0v) is 18.4. The first-order valence-electron chi connectivity index (χ1n) is 10.9. The minimum atomic E-state index is -0.692. The minimum Gasteiger partial charge on any atom is -0.361 e. The van der Waals surface area contributed by atoms with Crippen LogP contribution in [-0.2, 0) is 11.2 Å². The van der Waals surface area contributed by atoms with Crippen molar-refractivity contribution < 1.29 is 9.59 Å². The van der Waals surface area contributed by atoms with Gasteiger partial charge in [-0.3, -0.25) is 9.59 Å². The lowest BCUT2D eigenvalue weighted by Crippen LogP contribution is -2.51. The number of hydrogen-bond acceptors (Lipinski definition) is 2. The maximum absolute atomic E-state index is 13.2. The van der Waals surface area contributed by atoms with E-state index in [1.54, 1.807) is 24.3 Å². The second-order valence-corrected chi connectivity index (χ2v) is 8.94. The molecule has 31 heavy (non-hydrogen) atoms. The quantitative estimate of drug-likeness (QED) is 0.515. The molecule has 0 saturated heterocycles. The SMILES string of the molecule is CC1CCC(NC(=O)C(Cc2c[nH]c3ccccc23)NC(=O)c2ccccc2Cl)CC1. The van der Waals surface area contributed by atoms with Crippen LogP contribution in [0.25, 0.3) is 10.9 Å². The Bertz CT molecular complexity index is 1070. The Morgan fingerprint density at radius 1 is 1.06 bits per heavy atom. The monoisotopic (exact) mass is 437 g/mol. The van der Waals surface area contributed by atoms with Gasteiger partial charge in [-0.25, -0.2) is 0 Å². The second-order valence-electron chi connectivity index (χ2n) is 8.53. The second kappa shape index (κ2) is 9.56. The molecule has 0 aliphatic heterocycles. The van der Waals surface area contributed by atoms with E-state index in [1.807, 2.05) is 30.5 Å². The van der Waals surface area contributed by atoms with E-state index in [4.69, 9.17) is 11.6 Å². The van der Waals surface area contributed by atoms with Crippen LogP contribution >= 0.6 is 11.6 Å². The van der Waals surface area contributed by atoms with E-state index in [0.717, 1.165) is 42.1 Å². The lowest BCUT2D eigenvalue weighted by atomic mass is 9.87. The molecule has 1 aliphatic rings. The summed E-state index contributed by atoms with van der Waals surface area (Å²) in [7, 11) is 0. The number of carbonyl (C=O) groups excluding carboxylic acids is 2. The molecule has 162 valence electrons. The summed E-state index contributed by atoms with van der Waals surface area (Å²) in [5.41, 5.74) is 2.37. The fraction of sp³-hybridized carbons (Fsp3) is 0.360. The molecule has 3 aromatic rings. The van der Waals surface area contributed by atoms with Crippen LogP contribution in [0.4, 0.5) is 0 Å². The average molecular weight is 438 g/mol. The van der Waals surface area contributed by atoms with Gasteiger partial charge in [-0.15, -0.1) is 0 Å². The van der Waals surface area contributed by atoms with E-state index in [9.17, 15) is 9.59 Å². The Balaban J connectivity index is 1.54. The van der Waals surface area contributed by atoms with Gasteiger partial charge >= 0.3 is 0 Å². The van der Waals surface area contributed by atoms with Crippen LogP contribution in [0, 0.1) is 5.92 Å². The van der Waals surface area contributed by atoms with Crippen molar-refractivity contribution in [3.8, 4) is 0 Å². The number of amides is 2. The van der Waals surface area contributed by atoms with E-state index in [0.29, 0.717) is 22.9 Å². The third kappa shape index (κ3) is 5.10. The number of fused-ring (bicyclic) bond motifs is 1. The topological polar surface area (TPSA) is 74.0 Å². The van der Waals surface area contributed by atoms with Crippen molar-refractivity contribution in [2.75, 3.05) is 0 Å². The summed E-state index contributed by atoms with van der Waals surface area (Å²) in [5.74, 6) is 0.211. The van der Waals surface area contributed by atoms with E-state index < -0.39 is 6.04 Å². The first-order chi connectivity index (χ1) is 15.0. The van der Waals surface area contributed by atoms with Crippen molar-refractivity contribution in [1.29, 1.82) is 0 Å². The van der Waals surface area contributed by atoms with Gasteiger partial charge in [-0.2, -0.15) is 0 Å². The van der Waals surface area contributed by atoms with Crippen molar-refractivity contribution in [2.45, 2.75) is 51.1 Å². The Hall–Kier alpha value is -2.79. The maximum Gasteiger partial charge on any atom is 0.253 e. The Labute approximate surface area is 187 Å². The zero-order valence-electron chi connectivity index (χ0n) is 17.7. The zero-order chi connectivity index (χ0) is 21.8. The summed E-state index contributed by atoms with van der Waals surface area (Å²) in [5, 5.41) is 7.52. The Morgan fingerprint density at radius 3 is 2.55 bits per heavy atom. The summed E-state index contributed by atoms with van der Waals surface area (Å²) in [4.78, 5) is 29.4. The minimum absolute atomic E-state index is 0.148. The van der Waals surface area contributed by atoms with Crippen LogP contribution in [0.2, 0.25) is 5.02 Å². The maximum atomic E-state index is 13.2. The molecule has 1 aromatic heterocycles. The number of halogens is 1. The number of H-pyrrole nitrogens is 1. The van der Waals surface area contributed by atoms with E-state index in [-0.39, 0.29) is 17.9 Å². The van der Waals surface area contributed by atoms with Gasteiger partial charge in [0.1, 0.15) is 6.04 Å². The molecule has 5 nitrogen and oxygen atoms in total. The Morgan fingerprint density at radius 2 is 1.77 bits per heavy atom. The van der Waals surface area contributed by atoms with Crippen LogP contribution in [-0.4, -0.2) is 28.9 Å². The van der Waals surface area contributed by atoms with Crippen LogP contribution in [0.3, 0.4) is 0 Å². The molecule has 1 fully saturated rings. The van der Waals surface area contributed by atoms with E-state index >= 15 is 0 Å². The molecule has 4 rings (SSSR count). The molecule has 1 aliphatic carbocycles. The highest BCUT2D eigenvalue weighted by atomic mass is 35.5. The smallest absolute Gasteiger partial charge is 0.253 e. The van der Waals surface area contributed by atoms with Gasteiger partial charge in [-0.1, -0.05) is 48.9 Å². The van der Waals surface area contributed by atoms with Gasteiger partial charge in [0, 0.05) is 29.6 Å². The number of nitrogens with one attached hydrogen (secondary N) is 3. The third-order valence-corrected chi connectivity index (χ3v) is 6.53. The summed E-state index contributed by atoms with van der Waals surface area (Å²) in [6.07, 6.45) is 6.49. The molecule has 6 heteroatoms. The highest BCUT2D eigenvalue weighted by Gasteiger charge is 2.27. The molecular weight excluding hydrogens is 410 g/mol. The van der Waals surface area contributed by atoms with Gasteiger partial charge in [-0.05, 0) is 55.4 Å². The molecule has 1 unspecified atom stereocenters. The Kier molecular flexibility index (Phi) is 6.62. The molecule has 3 N–H and O–H groups in total. The largest absolute Gasteiger partial charge is 0.361 e. The van der Waals surface area contributed by atoms with Gasteiger partial charge < -0.3 is 15.6 Å². The van der Waals surface area contributed by atoms with Crippen LogP contribution in [0.1, 0.15) is 48.5 Å². The number of benzene rings is 2. The van der Waals surface area contributed by atoms with E-state index in [2.05, 4.69) is 22.5 Å². The van der Waals surface area contributed by atoms with Crippen molar-refractivity contribution in [3.05, 3.63) is 70.9 Å². The number of hydrogen-bond donors (Lipinski definition) is 3. The number of aromatic nitrogens is 1. The summed E-state index contributed by atoms with van der Waals surface area (Å²) in [6.45, 7) is 2.25. The van der Waals surface area contributed by atoms with Gasteiger partial charge in [0.2, 0.25) is 5.91 Å². The van der Waals surface area contributed by atoms with E-state index in [1.165, 1.54) is 0 Å². The first-order valence-corrected chi connectivity index (χ1v) is 11.3. The molecule has 1 saturated carbocycles. The van der Waals surface area contributed by atoms with Gasteiger partial charge in [0.15, 0.2) is 0 Å². The number of carbonyl (C=O) groups is 2. The normalized spacial score (nSPS) is 19.7. The number of rotatable bonds is 6. The van der Waals surface area contributed by atoms with Crippen molar-refractivity contribution >= 4 is 34.3 Å². The van der Waals surface area contributed by atoms with Crippen LogP contribution < -0.4 is 10.6 Å². The highest BCUT2D eigenvalue weighted by Crippen LogP contribution is 2.24. The number of para-hydroxylation sites is 1. The van der Waals surface area contributed by atoms with Crippen LogP contribution in [0.5, 0.6) is 0 Å². The highest BCUT2D eigenvalue weighted by molar-refractivity contribution is 6.33. The standard InChI is InChI=1S/C25H28ClN3O2/c1-16-10-12-18(13-11-16)28-25(31)23(29-24(30)20-7-2-4-8-21(20)26)14-17-15-27-22-9-5-3-6-19(17)22/h2-9,15-16,18,23,27H,10-14H2,1H3,(H,28,31)(H,29,30). The average Bonchev–Trinajstić information content (AvgIpc) is 3.18. The van der Waals surface area contributed by atoms with Crippen molar-refractivity contribution in [2.24, 2.45) is 5.92 Å². The van der Waals surface area contributed by atoms with Gasteiger partial charge in [0.05, 0.1) is 10.6 Å². The first kappa shape index (κ1) is 21.4. The lowest BCUT2D eigenvalue weighted by Gasteiger charge is -2.29. The fourth-order valence-electron chi connectivity index (χ4n) is 4.32. The predicted octanol–water partition coefficient (Wildman–Crippen LogP) is 4.86. The predicted molar refractivity (Wildman–Crippen MR) is 124 cm³/mol. The molecule has 0 bridgehead atoms. The summed E-state index contributed by atoms with van der Waals surface area (Å²) in [6, 6.07) is 14.3. The van der Waals surface area contributed by atoms with Crippen molar-refractivity contribution in [3.63, 3.8) is 0 Å². The molecule has 1 heterocycles. The van der Waals surface area contributed by atoms with Gasteiger partial charge in [0.25, 0.3) is 5.91 Å². The van der Waals surface area contributed by atoms with Crippen LogP contribution in [0.15, 0.2) is 54.7 Å². The molecular formula is C25H28ClN3O2. The lowest BCUT2D eigenvalue weighted by molar-refractivity contribution is -0.123. The summed E-state index contributed by atoms with van der Waals surface area (Å²) >= 11 is 6.21. The summed E-state index contributed by atoms with van der Waals surface area (Å²) < 4.78 is 0. The molecule has 0 radical (unpaired) electrons. The molecule has 1 atom stereocenters. The molecule has 2 amide bonds. The van der Waals surface area contributed by atoms with Crippen molar-refractivity contribution in [1.82, 2.24) is 15.6 Å². The fourth-order valence-corrected chi connectivity index (χ4v) is 4.54. The molecule has 2 aromatic carbocycles.